The van der Waals surface area contributed by atoms with Crippen molar-refractivity contribution in [2.24, 2.45) is 0 Å². The summed E-state index contributed by atoms with van der Waals surface area (Å²) in [4.78, 5) is 12.6. The molecule has 132 valence electrons. The molecule has 4 aromatic rings. The van der Waals surface area contributed by atoms with Crippen LogP contribution < -0.4 is 5.73 Å². The van der Waals surface area contributed by atoms with E-state index in [-0.39, 0.29) is 23.8 Å². The molecule has 0 unspecified atom stereocenters. The van der Waals surface area contributed by atoms with Gasteiger partial charge in [0.1, 0.15) is 29.1 Å². The van der Waals surface area contributed by atoms with Crippen LogP contribution in [0.5, 0.6) is 0 Å². The number of nitriles is 1. The van der Waals surface area contributed by atoms with Crippen molar-refractivity contribution in [3.8, 4) is 17.5 Å². The third-order valence-corrected chi connectivity index (χ3v) is 3.99. The van der Waals surface area contributed by atoms with Gasteiger partial charge >= 0.3 is 0 Å². The van der Waals surface area contributed by atoms with Gasteiger partial charge in [0.05, 0.1) is 23.8 Å². The van der Waals surface area contributed by atoms with Crippen molar-refractivity contribution in [3.05, 3.63) is 65.5 Å². The minimum atomic E-state index is -0.677. The lowest BCUT2D eigenvalue weighted by atomic mass is 10.2. The van der Waals surface area contributed by atoms with Crippen molar-refractivity contribution in [1.29, 1.82) is 5.26 Å². The first kappa shape index (κ1) is 16.5. The van der Waals surface area contributed by atoms with Crippen molar-refractivity contribution in [2.45, 2.75) is 6.54 Å². The summed E-state index contributed by atoms with van der Waals surface area (Å²) in [5.41, 5.74) is 7.01. The summed E-state index contributed by atoms with van der Waals surface area (Å²) in [6.45, 7) is -0.163. The number of hydrogen-bond donors (Lipinski definition) is 1. The lowest BCUT2D eigenvalue weighted by molar-refractivity contribution is 0.536. The largest absolute Gasteiger partial charge is 0.368 e. The minimum Gasteiger partial charge on any atom is -0.368 e. The summed E-state index contributed by atoms with van der Waals surface area (Å²) in [5, 5.41) is 13.7. The van der Waals surface area contributed by atoms with Gasteiger partial charge in [-0.1, -0.05) is 12.1 Å². The molecule has 3 heterocycles. The van der Waals surface area contributed by atoms with Crippen molar-refractivity contribution in [3.63, 3.8) is 0 Å². The average molecular weight is 363 g/mol. The molecule has 2 N–H and O–H groups in total. The number of hydrogen-bond acceptors (Lipinski definition) is 6. The van der Waals surface area contributed by atoms with Crippen molar-refractivity contribution < 1.29 is 8.78 Å². The summed E-state index contributed by atoms with van der Waals surface area (Å²) < 4.78 is 29.3. The number of nitrogen functional groups attached to an aromatic ring is 1. The van der Waals surface area contributed by atoms with Crippen LogP contribution in [0.15, 0.2) is 42.6 Å². The molecular formula is C18H11F2N7. The maximum atomic E-state index is 14.0. The SMILES string of the molecule is N#Cc1cccc(-c2nc(N)nc3c2cnn3Cc2c(F)cccc2F)n1. The number of aromatic nitrogens is 5. The molecule has 4 rings (SSSR count). The van der Waals surface area contributed by atoms with Gasteiger partial charge in [-0.05, 0) is 24.3 Å². The lowest BCUT2D eigenvalue weighted by Gasteiger charge is -2.07. The topological polar surface area (TPSA) is 106 Å². The van der Waals surface area contributed by atoms with Gasteiger partial charge in [0.25, 0.3) is 0 Å². The zero-order chi connectivity index (χ0) is 19.0. The summed E-state index contributed by atoms with van der Waals surface area (Å²) in [6.07, 6.45) is 1.48. The molecule has 0 aliphatic rings. The van der Waals surface area contributed by atoms with Crippen LogP contribution in [-0.2, 0) is 6.54 Å². The summed E-state index contributed by atoms with van der Waals surface area (Å²) in [5.74, 6) is -1.40. The van der Waals surface area contributed by atoms with Crippen LogP contribution in [0.25, 0.3) is 22.4 Å². The van der Waals surface area contributed by atoms with Crippen LogP contribution in [0.1, 0.15) is 11.3 Å². The Morgan fingerprint density at radius 3 is 2.52 bits per heavy atom. The normalized spacial score (nSPS) is 10.9. The van der Waals surface area contributed by atoms with E-state index in [1.807, 2.05) is 6.07 Å². The van der Waals surface area contributed by atoms with Crippen molar-refractivity contribution in [2.75, 3.05) is 5.73 Å². The van der Waals surface area contributed by atoms with Crippen LogP contribution in [0.2, 0.25) is 0 Å². The Kier molecular flexibility index (Phi) is 3.93. The van der Waals surface area contributed by atoms with Gasteiger partial charge in [-0.2, -0.15) is 15.3 Å². The predicted octanol–water partition coefficient (Wildman–Crippen LogP) is 2.67. The monoisotopic (exact) mass is 363 g/mol. The maximum Gasteiger partial charge on any atom is 0.222 e. The van der Waals surface area contributed by atoms with E-state index >= 15 is 0 Å². The fraction of sp³-hybridized carbons (Fsp3) is 0.0556. The first-order chi connectivity index (χ1) is 13.1. The highest BCUT2D eigenvalue weighted by Crippen LogP contribution is 2.26. The molecule has 1 aromatic carbocycles. The summed E-state index contributed by atoms with van der Waals surface area (Å²) in [6, 6.07) is 10.5. The highest BCUT2D eigenvalue weighted by Gasteiger charge is 2.17. The van der Waals surface area contributed by atoms with E-state index < -0.39 is 11.6 Å². The smallest absolute Gasteiger partial charge is 0.222 e. The molecule has 0 bridgehead atoms. The molecule has 0 amide bonds. The van der Waals surface area contributed by atoms with Gasteiger partial charge in [0.2, 0.25) is 5.95 Å². The van der Waals surface area contributed by atoms with E-state index in [1.165, 1.54) is 29.1 Å². The number of rotatable bonds is 3. The molecular weight excluding hydrogens is 352 g/mol. The Hall–Kier alpha value is -3.93. The zero-order valence-electron chi connectivity index (χ0n) is 13.8. The van der Waals surface area contributed by atoms with E-state index in [2.05, 4.69) is 20.1 Å². The molecule has 0 spiro atoms. The fourth-order valence-corrected chi connectivity index (χ4v) is 2.75. The molecule has 7 nitrogen and oxygen atoms in total. The molecule has 0 fully saturated rings. The van der Waals surface area contributed by atoms with Crippen LogP contribution in [0.3, 0.4) is 0 Å². The first-order valence-corrected chi connectivity index (χ1v) is 7.86. The first-order valence-electron chi connectivity index (χ1n) is 7.86. The number of nitrogens with two attached hydrogens (primary N) is 1. The molecule has 0 saturated carbocycles. The second-order valence-electron chi connectivity index (χ2n) is 5.69. The quantitative estimate of drug-likeness (QED) is 0.600. The number of benzene rings is 1. The van der Waals surface area contributed by atoms with Crippen LogP contribution in [0.4, 0.5) is 14.7 Å². The van der Waals surface area contributed by atoms with Gasteiger partial charge < -0.3 is 5.73 Å². The second-order valence-corrected chi connectivity index (χ2v) is 5.69. The highest BCUT2D eigenvalue weighted by atomic mass is 19.1. The summed E-state index contributed by atoms with van der Waals surface area (Å²) >= 11 is 0. The molecule has 0 radical (unpaired) electrons. The van der Waals surface area contributed by atoms with Crippen molar-refractivity contribution >= 4 is 17.0 Å². The molecule has 0 saturated heterocycles. The maximum absolute atomic E-state index is 14.0. The number of fused-ring (bicyclic) bond motifs is 1. The molecule has 27 heavy (non-hydrogen) atoms. The third kappa shape index (κ3) is 2.93. The van der Waals surface area contributed by atoms with E-state index in [0.717, 1.165) is 0 Å². The van der Waals surface area contributed by atoms with Crippen molar-refractivity contribution in [1.82, 2.24) is 24.7 Å². The second kappa shape index (κ2) is 6.42. The van der Waals surface area contributed by atoms with Gasteiger partial charge in [-0.3, -0.25) is 0 Å². The predicted molar refractivity (Wildman–Crippen MR) is 93.1 cm³/mol. The van der Waals surface area contributed by atoms with Gasteiger partial charge in [0, 0.05) is 5.56 Å². The van der Waals surface area contributed by atoms with Crippen LogP contribution in [0, 0.1) is 23.0 Å². The van der Waals surface area contributed by atoms with Gasteiger partial charge in [-0.15, -0.1) is 0 Å². The Morgan fingerprint density at radius 2 is 1.78 bits per heavy atom. The van der Waals surface area contributed by atoms with Gasteiger partial charge in [0.15, 0.2) is 5.65 Å². The number of nitrogens with zero attached hydrogens (tertiary/aromatic N) is 6. The van der Waals surface area contributed by atoms with Crippen LogP contribution in [-0.4, -0.2) is 24.7 Å². The van der Waals surface area contributed by atoms with Crippen LogP contribution >= 0.6 is 0 Å². The molecule has 0 aliphatic carbocycles. The summed E-state index contributed by atoms with van der Waals surface area (Å²) in [7, 11) is 0. The Bertz CT molecular complexity index is 1190. The molecule has 3 aromatic heterocycles. The average Bonchev–Trinajstić information content (AvgIpc) is 3.07. The van der Waals surface area contributed by atoms with Gasteiger partial charge in [-0.25, -0.2) is 23.4 Å². The highest BCUT2D eigenvalue weighted by molar-refractivity contribution is 5.90. The standard InChI is InChI=1S/C18H11F2N7/c19-13-4-2-5-14(20)12(13)9-27-17-11(8-23-27)16(25-18(22)26-17)15-6-1-3-10(7-21)24-15/h1-6,8H,9H2,(H2,22,25,26). The van der Waals surface area contributed by atoms with E-state index in [9.17, 15) is 8.78 Å². The number of anilines is 1. The fourth-order valence-electron chi connectivity index (χ4n) is 2.75. The van der Waals surface area contributed by atoms with E-state index in [1.54, 1.807) is 18.2 Å². The molecule has 9 heteroatoms. The third-order valence-electron chi connectivity index (χ3n) is 3.99. The zero-order valence-corrected chi connectivity index (χ0v) is 13.8. The minimum absolute atomic E-state index is 0.0441. The Morgan fingerprint density at radius 1 is 1.04 bits per heavy atom. The lowest BCUT2D eigenvalue weighted by Crippen LogP contribution is -2.08. The van der Waals surface area contributed by atoms with E-state index in [0.29, 0.717) is 22.4 Å². The Labute approximate surface area is 151 Å². The number of halogens is 2. The van der Waals surface area contributed by atoms with E-state index in [4.69, 9.17) is 11.0 Å². The molecule has 0 atom stereocenters. The number of pyridine rings is 1. The molecule has 0 aliphatic heterocycles. The Balaban J connectivity index is 1.87.